The van der Waals surface area contributed by atoms with Crippen molar-refractivity contribution < 1.29 is 19.7 Å². The van der Waals surface area contributed by atoms with E-state index in [2.05, 4.69) is 33.6 Å². The quantitative estimate of drug-likeness (QED) is 0.603. The molecule has 0 bridgehead atoms. The molecule has 0 spiro atoms. The van der Waals surface area contributed by atoms with Crippen molar-refractivity contribution in [1.82, 2.24) is 9.97 Å². The van der Waals surface area contributed by atoms with Crippen molar-refractivity contribution in [3.63, 3.8) is 0 Å². The number of aromatic nitrogens is 2. The predicted molar refractivity (Wildman–Crippen MR) is 121 cm³/mol. The van der Waals surface area contributed by atoms with Crippen LogP contribution in [0.1, 0.15) is 39.1 Å². The first-order chi connectivity index (χ1) is 15.1. The zero-order valence-electron chi connectivity index (χ0n) is 18.4. The van der Waals surface area contributed by atoms with E-state index in [0.717, 1.165) is 0 Å². The summed E-state index contributed by atoms with van der Waals surface area (Å²) in [5.41, 5.74) is -1.28. The maximum absolute atomic E-state index is 9.78. The fraction of sp³-hybridized carbons (Fsp3) is 0.231. The molecule has 0 saturated heterocycles. The molecule has 6 nitrogen and oxygen atoms in total. The summed E-state index contributed by atoms with van der Waals surface area (Å²) in [5, 5.41) is 19.6. The smallest absolute Gasteiger partial charge is 0.220 e. The SMILES string of the molecule is CC(C)(O)C#Cc1cccc(Oc2ccccc2Oc2cccc(C#CC(C)(C)O)n2)n1. The highest BCUT2D eigenvalue weighted by atomic mass is 16.5. The van der Waals surface area contributed by atoms with Gasteiger partial charge >= 0.3 is 0 Å². The molecule has 2 N–H and O–H groups in total. The van der Waals surface area contributed by atoms with Crippen LogP contribution in [0.25, 0.3) is 0 Å². The maximum atomic E-state index is 9.78. The third kappa shape index (κ3) is 7.45. The molecule has 1 aromatic carbocycles. The van der Waals surface area contributed by atoms with Crippen molar-refractivity contribution in [3.05, 3.63) is 72.1 Å². The topological polar surface area (TPSA) is 84.7 Å². The Hall–Kier alpha value is -3.84. The predicted octanol–water partition coefficient (Wildman–Crippen LogP) is 4.31. The van der Waals surface area contributed by atoms with Crippen molar-refractivity contribution in [2.45, 2.75) is 38.9 Å². The Morgan fingerprint density at radius 1 is 0.625 bits per heavy atom. The Kier molecular flexibility index (Phi) is 6.80. The molecule has 0 radical (unpaired) electrons. The van der Waals surface area contributed by atoms with Gasteiger partial charge in [-0.25, -0.2) is 9.97 Å². The lowest BCUT2D eigenvalue weighted by atomic mass is 10.1. The molecule has 0 aliphatic carbocycles. The zero-order chi connectivity index (χ0) is 23.2. The highest BCUT2D eigenvalue weighted by molar-refractivity contribution is 5.44. The maximum Gasteiger partial charge on any atom is 0.220 e. The Labute approximate surface area is 187 Å². The minimum absolute atomic E-state index is 0.335. The Balaban J connectivity index is 1.82. The molecule has 6 heteroatoms. The second kappa shape index (κ2) is 9.53. The first-order valence-electron chi connectivity index (χ1n) is 9.97. The van der Waals surface area contributed by atoms with Gasteiger partial charge in [-0.1, -0.05) is 36.1 Å². The van der Waals surface area contributed by atoms with Crippen LogP contribution in [0, 0.1) is 23.7 Å². The largest absolute Gasteiger partial charge is 0.435 e. The summed E-state index contributed by atoms with van der Waals surface area (Å²) in [4.78, 5) is 8.72. The third-order valence-electron chi connectivity index (χ3n) is 3.72. The lowest BCUT2D eigenvalue weighted by molar-refractivity contribution is 0.143. The van der Waals surface area contributed by atoms with Crippen LogP contribution in [0.15, 0.2) is 60.7 Å². The second-order valence-electron chi connectivity index (χ2n) is 7.99. The molecule has 0 aliphatic heterocycles. The van der Waals surface area contributed by atoms with Crippen LogP contribution in [0.4, 0.5) is 0 Å². The van der Waals surface area contributed by atoms with Gasteiger partial charge in [0.15, 0.2) is 11.5 Å². The molecule has 2 aromatic heterocycles. The van der Waals surface area contributed by atoms with Gasteiger partial charge in [-0.05, 0) is 63.8 Å². The molecule has 0 saturated carbocycles. The van der Waals surface area contributed by atoms with Gasteiger partial charge in [0, 0.05) is 12.1 Å². The number of aliphatic hydroxyl groups is 2. The van der Waals surface area contributed by atoms with Crippen LogP contribution in [0.5, 0.6) is 23.3 Å². The monoisotopic (exact) mass is 428 g/mol. The number of hydrogen-bond donors (Lipinski definition) is 2. The van der Waals surface area contributed by atoms with Gasteiger partial charge in [-0.15, -0.1) is 0 Å². The second-order valence-corrected chi connectivity index (χ2v) is 7.99. The van der Waals surface area contributed by atoms with Gasteiger partial charge in [0.2, 0.25) is 11.8 Å². The Morgan fingerprint density at radius 3 is 1.41 bits per heavy atom. The van der Waals surface area contributed by atoms with Crippen molar-refractivity contribution in [3.8, 4) is 46.9 Å². The number of ether oxygens (including phenoxy) is 2. The lowest BCUT2D eigenvalue weighted by Gasteiger charge is -2.11. The van der Waals surface area contributed by atoms with E-state index < -0.39 is 11.2 Å². The number of benzene rings is 1. The van der Waals surface area contributed by atoms with Gasteiger partial charge in [0.1, 0.15) is 22.6 Å². The number of para-hydroxylation sites is 2. The van der Waals surface area contributed by atoms with E-state index in [0.29, 0.717) is 34.6 Å². The van der Waals surface area contributed by atoms with Crippen molar-refractivity contribution in [2.24, 2.45) is 0 Å². The van der Waals surface area contributed by atoms with Crippen molar-refractivity contribution >= 4 is 0 Å². The van der Waals surface area contributed by atoms with E-state index in [4.69, 9.17) is 9.47 Å². The van der Waals surface area contributed by atoms with Crippen LogP contribution >= 0.6 is 0 Å². The normalized spacial score (nSPS) is 10.9. The fourth-order valence-electron chi connectivity index (χ4n) is 2.36. The number of hydrogen-bond acceptors (Lipinski definition) is 6. The average molecular weight is 428 g/mol. The van der Waals surface area contributed by atoms with E-state index in [9.17, 15) is 10.2 Å². The van der Waals surface area contributed by atoms with E-state index in [1.807, 2.05) is 12.1 Å². The molecule has 0 aliphatic rings. The molecule has 3 rings (SSSR count). The van der Waals surface area contributed by atoms with Gasteiger partial charge < -0.3 is 19.7 Å². The third-order valence-corrected chi connectivity index (χ3v) is 3.72. The molecule has 0 atom stereocenters. The van der Waals surface area contributed by atoms with Crippen LogP contribution in [0.2, 0.25) is 0 Å². The first-order valence-corrected chi connectivity index (χ1v) is 9.97. The molecule has 0 fully saturated rings. The first kappa shape index (κ1) is 22.8. The highest BCUT2D eigenvalue weighted by Gasteiger charge is 2.10. The van der Waals surface area contributed by atoms with Crippen molar-refractivity contribution in [1.29, 1.82) is 0 Å². The Morgan fingerprint density at radius 2 is 1.03 bits per heavy atom. The zero-order valence-corrected chi connectivity index (χ0v) is 18.4. The van der Waals surface area contributed by atoms with Gasteiger partial charge in [0.05, 0.1) is 0 Å². The summed E-state index contributed by atoms with van der Waals surface area (Å²) in [5.74, 6) is 12.7. The number of pyridine rings is 2. The summed E-state index contributed by atoms with van der Waals surface area (Å²) in [6.45, 7) is 6.42. The van der Waals surface area contributed by atoms with Crippen molar-refractivity contribution in [2.75, 3.05) is 0 Å². The molecular weight excluding hydrogens is 404 g/mol. The van der Waals surface area contributed by atoms with Crippen LogP contribution in [0.3, 0.4) is 0 Å². The van der Waals surface area contributed by atoms with E-state index in [1.54, 1.807) is 76.2 Å². The average Bonchev–Trinajstić information content (AvgIpc) is 2.72. The fourth-order valence-corrected chi connectivity index (χ4v) is 2.36. The lowest BCUT2D eigenvalue weighted by Crippen LogP contribution is -2.14. The van der Waals surface area contributed by atoms with E-state index in [-0.39, 0.29) is 0 Å². The van der Waals surface area contributed by atoms with E-state index in [1.165, 1.54) is 0 Å². The van der Waals surface area contributed by atoms with Gasteiger partial charge in [-0.3, -0.25) is 0 Å². The molecule has 3 aromatic rings. The summed E-state index contributed by atoms with van der Waals surface area (Å²) < 4.78 is 11.8. The summed E-state index contributed by atoms with van der Waals surface area (Å²) in [6, 6.07) is 17.6. The molecule has 2 heterocycles. The minimum atomic E-state index is -1.11. The molecular formula is C26H24N2O4. The minimum Gasteiger partial charge on any atom is -0.435 e. The number of rotatable bonds is 4. The van der Waals surface area contributed by atoms with Gasteiger partial charge in [0.25, 0.3) is 0 Å². The highest BCUT2D eigenvalue weighted by Crippen LogP contribution is 2.33. The molecule has 32 heavy (non-hydrogen) atoms. The summed E-state index contributed by atoms with van der Waals surface area (Å²) in [6.07, 6.45) is 0. The van der Waals surface area contributed by atoms with Crippen LogP contribution in [-0.4, -0.2) is 31.4 Å². The molecule has 162 valence electrons. The van der Waals surface area contributed by atoms with Gasteiger partial charge in [-0.2, -0.15) is 0 Å². The molecule has 0 amide bonds. The Bertz CT molecular complexity index is 1120. The molecule has 0 unspecified atom stereocenters. The number of nitrogens with zero attached hydrogens (tertiary/aromatic N) is 2. The van der Waals surface area contributed by atoms with Crippen LogP contribution in [-0.2, 0) is 0 Å². The summed E-state index contributed by atoms with van der Waals surface area (Å²) in [7, 11) is 0. The standard InChI is InChI=1S/C26H24N2O4/c1-25(2,29)17-15-19-9-7-13-23(27-19)31-21-11-5-6-12-22(21)32-24-14-8-10-20(28-24)16-18-26(3,4)30/h5-14,29-30H,1-4H3. The van der Waals surface area contributed by atoms with Crippen LogP contribution < -0.4 is 9.47 Å². The van der Waals surface area contributed by atoms with E-state index >= 15 is 0 Å². The summed E-state index contributed by atoms with van der Waals surface area (Å²) >= 11 is 0.